The summed E-state index contributed by atoms with van der Waals surface area (Å²) < 4.78 is 39.0. The van der Waals surface area contributed by atoms with Crippen LogP contribution in [0.25, 0.3) is 17.2 Å². The van der Waals surface area contributed by atoms with Gasteiger partial charge in [-0.05, 0) is 94.0 Å². The minimum absolute atomic E-state index is 0.269. The average Bonchev–Trinajstić information content (AvgIpc) is 2.81. The molecule has 6 heteroatoms. The number of rotatable bonds is 4. The van der Waals surface area contributed by atoms with Crippen LogP contribution < -0.4 is 0 Å². The quantitative estimate of drug-likeness (QED) is 0.802. The molecule has 0 amide bonds. The molecule has 1 unspecified atom stereocenters. The van der Waals surface area contributed by atoms with Crippen LogP contribution in [0, 0.1) is 11.6 Å². The molecule has 1 atom stereocenters. The fraction of sp³-hybridized carbons (Fsp3) is 0.150. The maximum absolute atomic E-state index is 13.8. The van der Waals surface area contributed by atoms with Crippen molar-refractivity contribution in [2.75, 3.05) is 6.26 Å². The van der Waals surface area contributed by atoms with E-state index in [0.717, 1.165) is 17.7 Å². The van der Waals surface area contributed by atoms with E-state index in [0.29, 0.717) is 32.7 Å². The fourth-order valence-corrected chi connectivity index (χ4v) is 3.59. The van der Waals surface area contributed by atoms with Crippen LogP contribution >= 0.6 is 0 Å². The topological polar surface area (TPSA) is 60.4 Å². The van der Waals surface area contributed by atoms with E-state index in [2.05, 4.69) is 0 Å². The fourth-order valence-electron chi connectivity index (χ4n) is 3.07. The summed E-state index contributed by atoms with van der Waals surface area (Å²) in [5.41, 5.74) is 3.47. The normalized spacial score (nSPS) is 16.1. The number of fused-ring (bicyclic) bond motifs is 1. The Morgan fingerprint density at radius 2 is 1.73 bits per heavy atom. The van der Waals surface area contributed by atoms with Crippen LogP contribution in [0.2, 0.25) is 0 Å². The molecule has 0 radical (unpaired) electrons. The first kappa shape index (κ1) is 18.4. The largest absolute Gasteiger partial charge is 0.612 e. The van der Waals surface area contributed by atoms with Gasteiger partial charge in [0.15, 0.2) is 16.5 Å². The molecule has 1 aliphatic carbocycles. The molecule has 26 heavy (non-hydrogen) atoms. The molecule has 0 heterocycles. The second-order valence-corrected chi connectivity index (χ2v) is 7.45. The zero-order valence-electron chi connectivity index (χ0n) is 14.2. The first-order valence-electron chi connectivity index (χ1n) is 7.85. The van der Waals surface area contributed by atoms with Gasteiger partial charge in [-0.25, -0.2) is 8.78 Å². The van der Waals surface area contributed by atoms with Gasteiger partial charge in [0.25, 0.3) is 0 Å². The third-order valence-corrected chi connectivity index (χ3v) is 5.32. The summed E-state index contributed by atoms with van der Waals surface area (Å²) >= 11 is -1.09. The molecule has 0 fully saturated rings. The number of benzene rings is 2. The highest BCUT2D eigenvalue weighted by Gasteiger charge is 2.27. The number of allylic oxidation sites excluding steroid dienone is 2. The minimum Gasteiger partial charge on any atom is -0.612 e. The van der Waals surface area contributed by atoms with Crippen molar-refractivity contribution in [2.24, 2.45) is 0 Å². The Bertz CT molecular complexity index is 944. The van der Waals surface area contributed by atoms with E-state index < -0.39 is 28.8 Å². The molecular formula is C20H16F2O3S. The van der Waals surface area contributed by atoms with Crippen molar-refractivity contribution in [3.05, 3.63) is 70.3 Å². The van der Waals surface area contributed by atoms with Gasteiger partial charge in [0.2, 0.25) is 0 Å². The Morgan fingerprint density at radius 3 is 2.27 bits per heavy atom. The first-order valence-corrected chi connectivity index (χ1v) is 9.40. The Kier molecular flexibility index (Phi) is 4.98. The summed E-state index contributed by atoms with van der Waals surface area (Å²) in [5.74, 6) is -3.02. The van der Waals surface area contributed by atoms with E-state index in [1.54, 1.807) is 43.5 Å². The lowest BCUT2D eigenvalue weighted by atomic mass is 10.0. The molecule has 2 aromatic rings. The SMILES string of the molecule is CC1=C(CC(=O)O)c2cc(F)c(F)cc2/C1=C\c1ccc([S+](C)[O-])cc1. The van der Waals surface area contributed by atoms with Gasteiger partial charge in [-0.1, -0.05) is 0 Å². The van der Waals surface area contributed by atoms with Gasteiger partial charge >= 0.3 is 5.97 Å². The van der Waals surface area contributed by atoms with Gasteiger partial charge in [0.1, 0.15) is 6.26 Å². The van der Waals surface area contributed by atoms with E-state index >= 15 is 0 Å². The number of carbonyl (C=O) groups is 1. The second-order valence-electron chi connectivity index (χ2n) is 6.07. The van der Waals surface area contributed by atoms with Crippen molar-refractivity contribution >= 4 is 34.4 Å². The summed E-state index contributed by atoms with van der Waals surface area (Å²) in [7, 11) is 0. The maximum atomic E-state index is 13.8. The van der Waals surface area contributed by atoms with Crippen molar-refractivity contribution in [2.45, 2.75) is 18.2 Å². The summed E-state index contributed by atoms with van der Waals surface area (Å²) in [4.78, 5) is 11.9. The lowest BCUT2D eigenvalue weighted by molar-refractivity contribution is -0.135. The Morgan fingerprint density at radius 1 is 1.15 bits per heavy atom. The lowest BCUT2D eigenvalue weighted by Crippen LogP contribution is -1.98. The van der Waals surface area contributed by atoms with Crippen LogP contribution in [-0.4, -0.2) is 21.9 Å². The van der Waals surface area contributed by atoms with E-state index in [-0.39, 0.29) is 6.42 Å². The van der Waals surface area contributed by atoms with Crippen molar-refractivity contribution in [1.29, 1.82) is 0 Å². The van der Waals surface area contributed by atoms with Crippen LogP contribution in [0.4, 0.5) is 8.78 Å². The molecule has 2 aromatic carbocycles. The lowest BCUT2D eigenvalue weighted by Gasteiger charge is -2.07. The molecule has 0 bridgehead atoms. The molecule has 1 N–H and O–H groups in total. The van der Waals surface area contributed by atoms with Crippen molar-refractivity contribution in [3.63, 3.8) is 0 Å². The summed E-state index contributed by atoms with van der Waals surface area (Å²) in [6, 6.07) is 9.19. The zero-order chi connectivity index (χ0) is 19.0. The van der Waals surface area contributed by atoms with Gasteiger partial charge < -0.3 is 9.66 Å². The third-order valence-electron chi connectivity index (χ3n) is 4.38. The van der Waals surface area contributed by atoms with Crippen molar-refractivity contribution < 1.29 is 23.2 Å². The van der Waals surface area contributed by atoms with Crippen molar-refractivity contribution in [3.8, 4) is 0 Å². The highest BCUT2D eigenvalue weighted by molar-refractivity contribution is 7.90. The number of carboxylic acids is 1. The molecule has 0 saturated carbocycles. The monoisotopic (exact) mass is 374 g/mol. The maximum Gasteiger partial charge on any atom is 0.307 e. The molecule has 3 nitrogen and oxygen atoms in total. The van der Waals surface area contributed by atoms with E-state index in [1.807, 2.05) is 0 Å². The number of hydrogen-bond acceptors (Lipinski definition) is 2. The second kappa shape index (κ2) is 7.05. The molecule has 0 aliphatic heterocycles. The van der Waals surface area contributed by atoms with Gasteiger partial charge in [-0.15, -0.1) is 0 Å². The standard InChI is InChI=1S/C20H16F2O3S/c1-11-14(7-12-3-5-13(6-4-12)26(2)25)16-8-18(21)19(22)9-17(16)15(11)10-20(23)24/h3-9H,10H2,1-2H3,(H,23,24)/b14-7-. The Balaban J connectivity index is 2.13. The van der Waals surface area contributed by atoms with E-state index in [9.17, 15) is 18.1 Å². The Hall–Kier alpha value is -2.44. The molecule has 0 spiro atoms. The predicted octanol–water partition coefficient (Wildman–Crippen LogP) is 4.50. The van der Waals surface area contributed by atoms with Crippen LogP contribution in [0.3, 0.4) is 0 Å². The molecule has 3 rings (SSSR count). The number of halogens is 2. The molecule has 0 saturated heterocycles. The van der Waals surface area contributed by atoms with Crippen LogP contribution in [0.1, 0.15) is 30.0 Å². The van der Waals surface area contributed by atoms with Crippen molar-refractivity contribution in [1.82, 2.24) is 0 Å². The smallest absolute Gasteiger partial charge is 0.307 e. The minimum atomic E-state index is -1.09. The highest BCUT2D eigenvalue weighted by Crippen LogP contribution is 2.44. The number of carboxylic acid groups (broad SMARTS) is 1. The van der Waals surface area contributed by atoms with E-state index in [4.69, 9.17) is 5.11 Å². The molecule has 1 aliphatic rings. The molecule has 0 aromatic heterocycles. The van der Waals surface area contributed by atoms with Gasteiger partial charge in [-0.2, -0.15) is 0 Å². The zero-order valence-corrected chi connectivity index (χ0v) is 15.0. The number of aliphatic carboxylic acids is 1. The van der Waals surface area contributed by atoms with Gasteiger partial charge in [-0.3, -0.25) is 4.79 Å². The third kappa shape index (κ3) is 3.43. The predicted molar refractivity (Wildman–Crippen MR) is 97.9 cm³/mol. The van der Waals surface area contributed by atoms with E-state index in [1.165, 1.54) is 0 Å². The van der Waals surface area contributed by atoms with Crippen LogP contribution in [0.15, 0.2) is 46.9 Å². The first-order chi connectivity index (χ1) is 12.3. The number of hydrogen-bond donors (Lipinski definition) is 1. The van der Waals surface area contributed by atoms with Gasteiger partial charge in [0, 0.05) is 0 Å². The Labute approximate surface area is 152 Å². The molecule has 134 valence electrons. The summed E-state index contributed by atoms with van der Waals surface area (Å²) in [6.07, 6.45) is 3.11. The van der Waals surface area contributed by atoms with Crippen LogP contribution in [0.5, 0.6) is 0 Å². The summed E-state index contributed by atoms with van der Waals surface area (Å²) in [6.45, 7) is 1.75. The summed E-state index contributed by atoms with van der Waals surface area (Å²) in [5, 5.41) is 9.15. The van der Waals surface area contributed by atoms with Crippen LogP contribution in [-0.2, 0) is 16.0 Å². The average molecular weight is 374 g/mol. The highest BCUT2D eigenvalue weighted by atomic mass is 32.2. The molecular weight excluding hydrogens is 358 g/mol. The van der Waals surface area contributed by atoms with Gasteiger partial charge in [0.05, 0.1) is 6.42 Å².